The summed E-state index contributed by atoms with van der Waals surface area (Å²) >= 11 is 6.02. The third-order valence-electron chi connectivity index (χ3n) is 3.12. The molecule has 0 aliphatic heterocycles. The van der Waals surface area contributed by atoms with Crippen LogP contribution in [0, 0.1) is 6.92 Å². The number of aryl methyl sites for hydroxylation is 1. The van der Waals surface area contributed by atoms with Crippen molar-refractivity contribution in [1.82, 2.24) is 25.3 Å². The number of H-pyrrole nitrogens is 1. The molecule has 25 heavy (non-hydrogen) atoms. The summed E-state index contributed by atoms with van der Waals surface area (Å²) in [4.78, 5) is 10.2. The largest absolute Gasteiger partial charge is 0.475 e. The van der Waals surface area contributed by atoms with E-state index >= 15 is 0 Å². The standard InChI is InChI=1S/C15H18ClN7O2/c1-8(2)24-14-6-13(20-21-14)23(7-10-4-9(3)22-25-10)15-18-11(16)5-12(17)19-15/h4-6,8H,7H2,1-3H3,(H,20,21)(H2,17,18,19). The quantitative estimate of drug-likeness (QED) is 0.641. The molecular formula is C15H18ClN7O2. The van der Waals surface area contributed by atoms with Crippen molar-refractivity contribution in [2.75, 3.05) is 10.6 Å². The van der Waals surface area contributed by atoms with Crippen LogP contribution in [0.3, 0.4) is 0 Å². The van der Waals surface area contributed by atoms with Crippen molar-refractivity contribution in [3.05, 3.63) is 34.8 Å². The molecule has 3 N–H and O–H groups in total. The van der Waals surface area contributed by atoms with Gasteiger partial charge in [-0.2, -0.15) is 10.1 Å². The van der Waals surface area contributed by atoms with E-state index in [9.17, 15) is 0 Å². The third kappa shape index (κ3) is 4.18. The van der Waals surface area contributed by atoms with Crippen molar-refractivity contribution >= 4 is 29.2 Å². The zero-order valence-electron chi connectivity index (χ0n) is 14.0. The molecule has 0 bridgehead atoms. The Balaban J connectivity index is 1.97. The minimum Gasteiger partial charge on any atom is -0.475 e. The van der Waals surface area contributed by atoms with E-state index < -0.39 is 0 Å². The van der Waals surface area contributed by atoms with E-state index in [1.54, 1.807) is 11.0 Å². The number of nitrogen functional groups attached to an aromatic ring is 1. The van der Waals surface area contributed by atoms with E-state index in [-0.39, 0.29) is 17.1 Å². The summed E-state index contributed by atoms with van der Waals surface area (Å²) < 4.78 is 10.9. The summed E-state index contributed by atoms with van der Waals surface area (Å²) in [5, 5.41) is 11.2. The van der Waals surface area contributed by atoms with Gasteiger partial charge in [0.1, 0.15) is 11.0 Å². The summed E-state index contributed by atoms with van der Waals surface area (Å²) in [5.41, 5.74) is 6.56. The van der Waals surface area contributed by atoms with Crippen molar-refractivity contribution < 1.29 is 9.26 Å². The highest BCUT2D eigenvalue weighted by Crippen LogP contribution is 2.27. The van der Waals surface area contributed by atoms with Crippen LogP contribution in [0.15, 0.2) is 22.7 Å². The van der Waals surface area contributed by atoms with Crippen LogP contribution in [0.4, 0.5) is 17.6 Å². The Morgan fingerprint density at radius 1 is 1.32 bits per heavy atom. The SMILES string of the molecule is Cc1cc(CN(c2cc(OC(C)C)[nH]n2)c2nc(N)cc(Cl)n2)on1. The highest BCUT2D eigenvalue weighted by atomic mass is 35.5. The van der Waals surface area contributed by atoms with E-state index in [4.69, 9.17) is 26.6 Å². The number of nitrogens with zero attached hydrogens (tertiary/aromatic N) is 5. The number of aromatic nitrogens is 5. The average molecular weight is 364 g/mol. The van der Waals surface area contributed by atoms with Crippen LogP contribution < -0.4 is 15.4 Å². The molecule has 3 rings (SSSR count). The van der Waals surface area contributed by atoms with Gasteiger partial charge in [-0.05, 0) is 20.8 Å². The normalized spacial score (nSPS) is 11.1. The molecule has 0 aliphatic rings. The van der Waals surface area contributed by atoms with Gasteiger partial charge in [-0.1, -0.05) is 16.8 Å². The van der Waals surface area contributed by atoms with Gasteiger partial charge in [0.25, 0.3) is 0 Å². The van der Waals surface area contributed by atoms with Gasteiger partial charge in [-0.25, -0.2) is 10.1 Å². The van der Waals surface area contributed by atoms with Crippen LogP contribution in [0.5, 0.6) is 5.88 Å². The van der Waals surface area contributed by atoms with Crippen LogP contribution >= 0.6 is 11.6 Å². The first kappa shape index (κ1) is 17.0. The molecule has 0 aliphatic carbocycles. The van der Waals surface area contributed by atoms with Crippen molar-refractivity contribution in [2.45, 2.75) is 33.4 Å². The molecule has 3 aromatic heterocycles. The third-order valence-corrected chi connectivity index (χ3v) is 3.31. The summed E-state index contributed by atoms with van der Waals surface area (Å²) in [5.74, 6) is 2.23. The second-order valence-electron chi connectivity index (χ2n) is 5.69. The topological polar surface area (TPSA) is 119 Å². The molecular weight excluding hydrogens is 346 g/mol. The first-order valence-electron chi connectivity index (χ1n) is 7.62. The molecule has 3 heterocycles. The molecule has 9 nitrogen and oxygen atoms in total. The maximum absolute atomic E-state index is 6.02. The first-order valence-corrected chi connectivity index (χ1v) is 8.00. The van der Waals surface area contributed by atoms with Gasteiger partial charge in [0.2, 0.25) is 11.8 Å². The Labute approximate surface area is 149 Å². The van der Waals surface area contributed by atoms with Gasteiger partial charge in [-0.3, -0.25) is 4.90 Å². The van der Waals surface area contributed by atoms with Crippen LogP contribution in [0.1, 0.15) is 25.3 Å². The zero-order valence-corrected chi connectivity index (χ0v) is 14.8. The molecule has 0 saturated carbocycles. The number of nitrogens with two attached hydrogens (primary N) is 1. The molecule has 0 atom stereocenters. The minimum atomic E-state index is 0.0109. The second kappa shape index (κ2) is 6.98. The summed E-state index contributed by atoms with van der Waals surface area (Å²) in [6.07, 6.45) is 0.0109. The van der Waals surface area contributed by atoms with E-state index in [0.717, 1.165) is 5.69 Å². The lowest BCUT2D eigenvalue weighted by Crippen LogP contribution is -2.20. The predicted octanol–water partition coefficient (Wildman–Crippen LogP) is 2.86. The van der Waals surface area contributed by atoms with Gasteiger partial charge < -0.3 is 15.0 Å². The lowest BCUT2D eigenvalue weighted by molar-refractivity contribution is 0.232. The number of rotatable bonds is 6. The first-order chi connectivity index (χ1) is 11.9. The van der Waals surface area contributed by atoms with Gasteiger partial charge in [0.15, 0.2) is 11.6 Å². The highest BCUT2D eigenvalue weighted by molar-refractivity contribution is 6.29. The molecule has 132 valence electrons. The maximum atomic E-state index is 6.02. The van der Waals surface area contributed by atoms with Gasteiger partial charge in [0.05, 0.1) is 18.3 Å². The maximum Gasteiger partial charge on any atom is 0.234 e. The lowest BCUT2D eigenvalue weighted by atomic mass is 10.3. The van der Waals surface area contributed by atoms with Crippen LogP contribution in [-0.4, -0.2) is 31.4 Å². The van der Waals surface area contributed by atoms with Gasteiger partial charge >= 0.3 is 0 Å². The van der Waals surface area contributed by atoms with Crippen LogP contribution in [0.25, 0.3) is 0 Å². The van der Waals surface area contributed by atoms with E-state index in [0.29, 0.717) is 30.0 Å². The molecule has 3 aromatic rings. The van der Waals surface area contributed by atoms with Crippen molar-refractivity contribution in [2.24, 2.45) is 0 Å². The Morgan fingerprint density at radius 2 is 2.12 bits per heavy atom. The molecule has 0 unspecified atom stereocenters. The molecule has 0 amide bonds. The van der Waals surface area contributed by atoms with Crippen molar-refractivity contribution in [1.29, 1.82) is 0 Å². The molecule has 0 radical (unpaired) electrons. The van der Waals surface area contributed by atoms with E-state index in [1.165, 1.54) is 6.07 Å². The van der Waals surface area contributed by atoms with Gasteiger partial charge in [0, 0.05) is 18.2 Å². The van der Waals surface area contributed by atoms with E-state index in [2.05, 4.69) is 25.3 Å². The zero-order chi connectivity index (χ0) is 18.0. The fourth-order valence-corrected chi connectivity index (χ4v) is 2.38. The molecule has 0 spiro atoms. The number of nitrogens with one attached hydrogen (secondary N) is 1. The smallest absolute Gasteiger partial charge is 0.234 e. The lowest BCUT2D eigenvalue weighted by Gasteiger charge is -2.18. The monoisotopic (exact) mass is 363 g/mol. The average Bonchev–Trinajstić information content (AvgIpc) is 3.12. The Bertz CT molecular complexity index is 841. The summed E-state index contributed by atoms with van der Waals surface area (Å²) in [6, 6.07) is 5.03. The molecule has 10 heteroatoms. The Hall–Kier alpha value is -2.81. The Kier molecular flexibility index (Phi) is 4.75. The molecule has 0 fully saturated rings. The minimum absolute atomic E-state index is 0.0109. The van der Waals surface area contributed by atoms with Crippen molar-refractivity contribution in [3.63, 3.8) is 0 Å². The fourth-order valence-electron chi connectivity index (χ4n) is 2.19. The number of ether oxygens (including phenoxy) is 1. The number of halogens is 1. The number of hydrogen-bond donors (Lipinski definition) is 2. The molecule has 0 saturated heterocycles. The summed E-state index contributed by atoms with van der Waals surface area (Å²) in [6.45, 7) is 5.99. The Morgan fingerprint density at radius 3 is 2.76 bits per heavy atom. The second-order valence-corrected chi connectivity index (χ2v) is 6.08. The number of hydrogen-bond acceptors (Lipinski definition) is 8. The van der Waals surface area contributed by atoms with E-state index in [1.807, 2.05) is 26.8 Å². The van der Waals surface area contributed by atoms with Gasteiger partial charge in [-0.15, -0.1) is 0 Å². The van der Waals surface area contributed by atoms with Crippen molar-refractivity contribution in [3.8, 4) is 5.88 Å². The highest BCUT2D eigenvalue weighted by Gasteiger charge is 2.20. The summed E-state index contributed by atoms with van der Waals surface area (Å²) in [7, 11) is 0. The molecule has 0 aromatic carbocycles. The number of anilines is 3. The van der Waals surface area contributed by atoms with Crippen LogP contribution in [-0.2, 0) is 6.54 Å². The number of aromatic amines is 1. The van der Waals surface area contributed by atoms with Crippen LogP contribution in [0.2, 0.25) is 5.15 Å². The fraction of sp³-hybridized carbons (Fsp3) is 0.333. The predicted molar refractivity (Wildman–Crippen MR) is 92.9 cm³/mol.